The number of carbonyl (C=O) groups is 1. The summed E-state index contributed by atoms with van der Waals surface area (Å²) in [5, 5.41) is 2.52. The second-order valence-corrected chi connectivity index (χ2v) is 4.82. The van der Waals surface area contributed by atoms with Crippen LogP contribution in [-0.2, 0) is 11.3 Å². The predicted octanol–water partition coefficient (Wildman–Crippen LogP) is 1.87. The highest BCUT2D eigenvalue weighted by molar-refractivity contribution is 5.92. The molecule has 21 heavy (non-hydrogen) atoms. The molecule has 0 aliphatic carbocycles. The third-order valence-corrected chi connectivity index (χ3v) is 2.88. The number of pyridine rings is 1. The van der Waals surface area contributed by atoms with Gasteiger partial charge in [0.1, 0.15) is 5.82 Å². The summed E-state index contributed by atoms with van der Waals surface area (Å²) in [5.74, 6) is -0.801. The molecule has 0 saturated carbocycles. The first-order chi connectivity index (χ1) is 10.0. The number of nitrogens with zero attached hydrogens (tertiary/aromatic N) is 2. The first-order valence-electron chi connectivity index (χ1n) is 6.47. The second-order valence-electron chi connectivity index (χ2n) is 4.82. The number of carbonyl (C=O) groups excluding carboxylic acids is 1. The monoisotopic (exact) mass is 288 g/mol. The van der Waals surface area contributed by atoms with Crippen LogP contribution in [0.15, 0.2) is 42.7 Å². The maximum atomic E-state index is 13.5. The number of nitrogens with two attached hydrogens (primary N) is 1. The summed E-state index contributed by atoms with van der Waals surface area (Å²) < 4.78 is 13.5. The zero-order valence-electron chi connectivity index (χ0n) is 11.7. The van der Waals surface area contributed by atoms with Gasteiger partial charge in [-0.25, -0.2) is 4.39 Å². The van der Waals surface area contributed by atoms with Gasteiger partial charge in [-0.3, -0.25) is 14.7 Å². The van der Waals surface area contributed by atoms with Crippen molar-refractivity contribution in [2.75, 3.05) is 24.6 Å². The van der Waals surface area contributed by atoms with Crippen molar-refractivity contribution in [2.45, 2.75) is 6.54 Å². The van der Waals surface area contributed by atoms with Crippen molar-refractivity contribution in [3.8, 4) is 0 Å². The number of halogens is 1. The molecule has 1 amide bonds. The lowest BCUT2D eigenvalue weighted by Crippen LogP contribution is -2.30. The Hall–Kier alpha value is -2.47. The third-order valence-electron chi connectivity index (χ3n) is 2.88. The lowest BCUT2D eigenvalue weighted by Gasteiger charge is -2.16. The van der Waals surface area contributed by atoms with E-state index in [0.717, 1.165) is 5.56 Å². The van der Waals surface area contributed by atoms with Gasteiger partial charge in [-0.1, -0.05) is 0 Å². The Labute approximate surface area is 122 Å². The van der Waals surface area contributed by atoms with E-state index in [4.69, 9.17) is 5.73 Å². The van der Waals surface area contributed by atoms with Crippen molar-refractivity contribution in [3.05, 3.63) is 54.1 Å². The lowest BCUT2D eigenvalue weighted by atomic mass is 10.2. The molecule has 0 bridgehead atoms. The van der Waals surface area contributed by atoms with Crippen molar-refractivity contribution < 1.29 is 9.18 Å². The molecule has 6 heteroatoms. The van der Waals surface area contributed by atoms with Gasteiger partial charge in [-0.05, 0) is 42.9 Å². The Morgan fingerprint density at radius 1 is 1.33 bits per heavy atom. The number of hydrogen-bond donors (Lipinski definition) is 2. The van der Waals surface area contributed by atoms with E-state index in [-0.39, 0.29) is 18.1 Å². The van der Waals surface area contributed by atoms with Crippen molar-refractivity contribution in [1.29, 1.82) is 0 Å². The summed E-state index contributed by atoms with van der Waals surface area (Å²) in [6, 6.07) is 7.83. The summed E-state index contributed by atoms with van der Waals surface area (Å²) in [4.78, 5) is 17.7. The van der Waals surface area contributed by atoms with Crippen LogP contribution in [0.1, 0.15) is 5.56 Å². The molecule has 0 atom stereocenters. The van der Waals surface area contributed by atoms with E-state index < -0.39 is 5.82 Å². The van der Waals surface area contributed by atoms with Gasteiger partial charge < -0.3 is 11.1 Å². The highest BCUT2D eigenvalue weighted by Gasteiger charge is 2.10. The number of hydrogen-bond acceptors (Lipinski definition) is 4. The highest BCUT2D eigenvalue weighted by atomic mass is 19.1. The van der Waals surface area contributed by atoms with Gasteiger partial charge in [0.15, 0.2) is 0 Å². The van der Waals surface area contributed by atoms with E-state index in [1.54, 1.807) is 12.4 Å². The Morgan fingerprint density at radius 3 is 2.76 bits per heavy atom. The number of nitrogens with one attached hydrogen (secondary N) is 1. The van der Waals surface area contributed by atoms with Gasteiger partial charge in [0.05, 0.1) is 12.2 Å². The van der Waals surface area contributed by atoms with E-state index >= 15 is 0 Å². The topological polar surface area (TPSA) is 71.2 Å². The Morgan fingerprint density at radius 2 is 2.05 bits per heavy atom. The van der Waals surface area contributed by atoms with Crippen LogP contribution in [-0.4, -0.2) is 29.4 Å². The van der Waals surface area contributed by atoms with Crippen LogP contribution in [0.4, 0.5) is 15.8 Å². The molecule has 1 heterocycles. The van der Waals surface area contributed by atoms with Crippen LogP contribution < -0.4 is 11.1 Å². The number of anilines is 2. The molecule has 0 saturated heterocycles. The fourth-order valence-electron chi connectivity index (χ4n) is 1.93. The van der Waals surface area contributed by atoms with Gasteiger partial charge >= 0.3 is 0 Å². The van der Waals surface area contributed by atoms with Crippen LogP contribution in [0.2, 0.25) is 0 Å². The van der Waals surface area contributed by atoms with Crippen LogP contribution in [0.3, 0.4) is 0 Å². The zero-order chi connectivity index (χ0) is 15.2. The Balaban J connectivity index is 1.91. The molecule has 0 aliphatic heterocycles. The quantitative estimate of drug-likeness (QED) is 0.824. The number of likely N-dealkylation sites (N-methyl/N-ethyl adjacent to an activating group) is 1. The SMILES string of the molecule is CN(CC(=O)Nc1cc(N)ccc1F)Cc1ccncc1. The van der Waals surface area contributed by atoms with E-state index in [2.05, 4.69) is 10.3 Å². The van der Waals surface area contributed by atoms with Crippen LogP contribution in [0.5, 0.6) is 0 Å². The fraction of sp³-hybridized carbons (Fsp3) is 0.200. The van der Waals surface area contributed by atoms with Gasteiger partial charge in [-0.2, -0.15) is 0 Å². The van der Waals surface area contributed by atoms with E-state index in [9.17, 15) is 9.18 Å². The average molecular weight is 288 g/mol. The highest BCUT2D eigenvalue weighted by Crippen LogP contribution is 2.17. The summed E-state index contributed by atoms with van der Waals surface area (Å²) in [5.41, 5.74) is 7.12. The van der Waals surface area contributed by atoms with E-state index in [1.807, 2.05) is 24.1 Å². The van der Waals surface area contributed by atoms with Crippen LogP contribution in [0.25, 0.3) is 0 Å². The molecule has 0 unspecified atom stereocenters. The number of amides is 1. The van der Waals surface area contributed by atoms with Gasteiger partial charge in [0, 0.05) is 24.6 Å². The third kappa shape index (κ3) is 4.54. The number of rotatable bonds is 5. The number of benzene rings is 1. The van der Waals surface area contributed by atoms with E-state index in [0.29, 0.717) is 12.2 Å². The first kappa shape index (κ1) is 14.9. The summed E-state index contributed by atoms with van der Waals surface area (Å²) in [6.07, 6.45) is 3.40. The molecule has 2 rings (SSSR count). The average Bonchev–Trinajstić information content (AvgIpc) is 2.43. The van der Waals surface area contributed by atoms with Gasteiger partial charge in [0.25, 0.3) is 0 Å². The predicted molar refractivity (Wildman–Crippen MR) is 80.0 cm³/mol. The molecule has 1 aromatic carbocycles. The maximum Gasteiger partial charge on any atom is 0.238 e. The molecule has 0 radical (unpaired) electrons. The second kappa shape index (κ2) is 6.81. The lowest BCUT2D eigenvalue weighted by molar-refractivity contribution is -0.117. The molecule has 0 aliphatic rings. The largest absolute Gasteiger partial charge is 0.399 e. The molecule has 1 aromatic heterocycles. The zero-order valence-corrected chi connectivity index (χ0v) is 11.7. The molecule has 5 nitrogen and oxygen atoms in total. The molecular weight excluding hydrogens is 271 g/mol. The van der Waals surface area contributed by atoms with E-state index in [1.165, 1.54) is 18.2 Å². The molecular formula is C15H17FN4O. The van der Waals surface area contributed by atoms with Crippen LogP contribution >= 0.6 is 0 Å². The first-order valence-corrected chi connectivity index (χ1v) is 6.47. The summed E-state index contributed by atoms with van der Waals surface area (Å²) in [6.45, 7) is 0.756. The van der Waals surface area contributed by atoms with Crippen LogP contribution in [0, 0.1) is 5.82 Å². The van der Waals surface area contributed by atoms with Crippen molar-refractivity contribution in [3.63, 3.8) is 0 Å². The van der Waals surface area contributed by atoms with Gasteiger partial charge in [0.2, 0.25) is 5.91 Å². The molecule has 3 N–H and O–H groups in total. The van der Waals surface area contributed by atoms with Crippen molar-refractivity contribution >= 4 is 17.3 Å². The minimum Gasteiger partial charge on any atom is -0.399 e. The fourth-order valence-corrected chi connectivity index (χ4v) is 1.93. The molecule has 0 fully saturated rings. The molecule has 110 valence electrons. The standard InChI is InChI=1S/C15H17FN4O/c1-20(9-11-4-6-18-7-5-11)10-15(21)19-14-8-12(17)2-3-13(14)16/h2-8H,9-10,17H2,1H3,(H,19,21). The maximum absolute atomic E-state index is 13.5. The minimum absolute atomic E-state index is 0.0947. The van der Waals surface area contributed by atoms with Gasteiger partial charge in [-0.15, -0.1) is 0 Å². The molecule has 2 aromatic rings. The normalized spacial score (nSPS) is 10.6. The molecule has 0 spiro atoms. The Kier molecular flexibility index (Phi) is 4.84. The Bertz CT molecular complexity index is 618. The summed E-state index contributed by atoms with van der Waals surface area (Å²) >= 11 is 0. The van der Waals surface area contributed by atoms with Crippen molar-refractivity contribution in [1.82, 2.24) is 9.88 Å². The minimum atomic E-state index is -0.505. The van der Waals surface area contributed by atoms with Crippen molar-refractivity contribution in [2.24, 2.45) is 0 Å². The number of aromatic nitrogens is 1. The number of nitrogen functional groups attached to an aromatic ring is 1. The smallest absolute Gasteiger partial charge is 0.238 e. The summed E-state index contributed by atoms with van der Waals surface area (Å²) in [7, 11) is 1.82.